The molecule has 0 saturated carbocycles. The zero-order valence-electron chi connectivity index (χ0n) is 12.1. The molecule has 2 aromatic rings. The Hall–Kier alpha value is -1.00. The van der Waals surface area contributed by atoms with Gasteiger partial charge in [-0.15, -0.1) is 0 Å². The van der Waals surface area contributed by atoms with Gasteiger partial charge in [0.25, 0.3) is 0 Å². The monoisotopic (exact) mass is 340 g/mol. The molecule has 0 aromatic heterocycles. The average Bonchev–Trinajstić information content (AvgIpc) is 2.94. The van der Waals surface area contributed by atoms with Crippen LogP contribution in [0.25, 0.3) is 0 Å². The van der Waals surface area contributed by atoms with Gasteiger partial charge in [-0.3, -0.25) is 0 Å². The van der Waals surface area contributed by atoms with Crippen LogP contribution in [0.15, 0.2) is 60.7 Å². The molecule has 1 saturated heterocycles. The molecular formula is C16H18ClO4P. The molecule has 0 N–H and O–H groups in total. The summed E-state index contributed by atoms with van der Waals surface area (Å²) in [5, 5.41) is 1.67. The molecule has 0 amide bonds. The van der Waals surface area contributed by atoms with Crippen LogP contribution in [0.4, 0.5) is 0 Å². The molecule has 0 aliphatic carbocycles. The minimum atomic E-state index is -4.51. The zero-order chi connectivity index (χ0) is 15.7. The Morgan fingerprint density at radius 2 is 1.14 bits per heavy atom. The van der Waals surface area contributed by atoms with Gasteiger partial charge in [-0.05, 0) is 0 Å². The van der Waals surface area contributed by atoms with Gasteiger partial charge in [-0.1, -0.05) is 0 Å². The third-order valence-corrected chi connectivity index (χ3v) is 12.0. The molecule has 3 rings (SSSR count). The molecule has 0 spiro atoms. The van der Waals surface area contributed by atoms with Crippen LogP contribution in [0.5, 0.6) is 0 Å². The Balaban J connectivity index is 2.29. The van der Waals surface area contributed by atoms with E-state index in [4.69, 9.17) is 4.08 Å². The summed E-state index contributed by atoms with van der Waals surface area (Å²) in [6, 6.07) is 18.8. The second-order valence-corrected chi connectivity index (χ2v) is 11.7. The van der Waals surface area contributed by atoms with Gasteiger partial charge < -0.3 is 0 Å². The standard InChI is InChI=1S/C16H18ClO4P/c18-17(19,20)21-22(13-7-8-14-22,15-9-3-1-4-10-15)16-11-5-2-6-12-16/h1-6,9-12H,7-8,13-14H2. The van der Waals surface area contributed by atoms with Crippen molar-refractivity contribution in [3.8, 4) is 0 Å². The van der Waals surface area contributed by atoms with Gasteiger partial charge in [0.2, 0.25) is 0 Å². The summed E-state index contributed by atoms with van der Waals surface area (Å²) in [7, 11) is -4.51. The van der Waals surface area contributed by atoms with Crippen molar-refractivity contribution in [3.05, 3.63) is 60.7 Å². The summed E-state index contributed by atoms with van der Waals surface area (Å²) >= 11 is 0. The molecule has 118 valence electrons. The van der Waals surface area contributed by atoms with Gasteiger partial charge in [0.1, 0.15) is 0 Å². The molecule has 2 aromatic carbocycles. The van der Waals surface area contributed by atoms with E-state index in [1.807, 2.05) is 60.7 Å². The number of hydrogen-bond acceptors (Lipinski definition) is 4. The van der Waals surface area contributed by atoms with Crippen molar-refractivity contribution in [2.75, 3.05) is 12.3 Å². The number of benzene rings is 2. The second kappa shape index (κ2) is 5.57. The second-order valence-electron chi connectivity index (χ2n) is 5.68. The topological polar surface area (TPSA) is 78.4 Å². The summed E-state index contributed by atoms with van der Waals surface area (Å²) in [6.07, 6.45) is 2.89. The first-order chi connectivity index (χ1) is 10.5. The summed E-state index contributed by atoms with van der Waals surface area (Å²) in [5.74, 6) is 0. The first-order valence-electron chi connectivity index (χ1n) is 7.20. The predicted molar refractivity (Wildman–Crippen MR) is 79.1 cm³/mol. The molecule has 0 bridgehead atoms. The maximum atomic E-state index is 11.6. The molecule has 0 unspecified atom stereocenters. The van der Waals surface area contributed by atoms with E-state index >= 15 is 0 Å². The fourth-order valence-electron chi connectivity index (χ4n) is 3.57. The Kier molecular flexibility index (Phi) is 4.02. The van der Waals surface area contributed by atoms with Crippen molar-refractivity contribution in [1.29, 1.82) is 0 Å². The molecular weight excluding hydrogens is 323 g/mol. The molecule has 22 heavy (non-hydrogen) atoms. The average molecular weight is 341 g/mol. The van der Waals surface area contributed by atoms with E-state index < -0.39 is 17.1 Å². The van der Waals surface area contributed by atoms with E-state index in [1.165, 1.54) is 0 Å². The van der Waals surface area contributed by atoms with Crippen LogP contribution >= 0.6 is 6.83 Å². The predicted octanol–water partition coefficient (Wildman–Crippen LogP) is -0.187. The van der Waals surface area contributed by atoms with Gasteiger partial charge in [0.05, 0.1) is 0 Å². The third kappa shape index (κ3) is 2.56. The fraction of sp³-hybridized carbons (Fsp3) is 0.250. The van der Waals surface area contributed by atoms with Gasteiger partial charge in [0, 0.05) is 0 Å². The van der Waals surface area contributed by atoms with Gasteiger partial charge in [0.15, 0.2) is 0 Å². The molecule has 0 atom stereocenters. The van der Waals surface area contributed by atoms with Crippen LogP contribution in [0.2, 0.25) is 0 Å². The molecule has 1 aliphatic rings. The first-order valence-corrected chi connectivity index (χ1v) is 11.0. The molecule has 1 aliphatic heterocycles. The Labute approximate surface area is 132 Å². The summed E-state index contributed by atoms with van der Waals surface area (Å²) in [5.41, 5.74) is 0. The van der Waals surface area contributed by atoms with Gasteiger partial charge in [-0.25, -0.2) is 0 Å². The van der Waals surface area contributed by atoms with Gasteiger partial charge in [-0.2, -0.15) is 0 Å². The maximum absolute atomic E-state index is 11.6. The van der Waals surface area contributed by atoms with E-state index in [0.29, 0.717) is 12.3 Å². The summed E-state index contributed by atoms with van der Waals surface area (Å²) < 4.78 is 40.2. The van der Waals surface area contributed by atoms with Crippen LogP contribution in [0, 0.1) is 10.2 Å². The fourth-order valence-corrected chi connectivity index (χ4v) is 11.5. The SMILES string of the molecule is [O-][Cl+3]([O-])([O-])OP1(c2ccccc2)(c2ccccc2)CCCC1. The third-order valence-electron chi connectivity index (χ3n) is 4.48. The first kappa shape index (κ1) is 15.9. The van der Waals surface area contributed by atoms with E-state index in [0.717, 1.165) is 23.5 Å². The molecule has 0 radical (unpaired) electrons. The number of rotatable bonds is 4. The Morgan fingerprint density at radius 3 is 1.50 bits per heavy atom. The van der Waals surface area contributed by atoms with E-state index in [2.05, 4.69) is 0 Å². The van der Waals surface area contributed by atoms with Crippen LogP contribution < -0.4 is 24.6 Å². The van der Waals surface area contributed by atoms with Crippen molar-refractivity contribution < 1.29 is 28.3 Å². The Bertz CT molecular complexity index is 593. The minimum absolute atomic E-state index is 0.591. The molecule has 4 nitrogen and oxygen atoms in total. The van der Waals surface area contributed by atoms with E-state index in [9.17, 15) is 14.0 Å². The van der Waals surface area contributed by atoms with E-state index in [1.54, 1.807) is 0 Å². The molecule has 1 fully saturated rings. The quantitative estimate of drug-likeness (QED) is 0.723. The van der Waals surface area contributed by atoms with Crippen LogP contribution in [0.3, 0.4) is 0 Å². The number of hydrogen-bond donors (Lipinski definition) is 0. The Morgan fingerprint density at radius 1 is 0.727 bits per heavy atom. The van der Waals surface area contributed by atoms with Crippen LogP contribution in [-0.2, 0) is 4.08 Å². The van der Waals surface area contributed by atoms with Crippen molar-refractivity contribution in [2.24, 2.45) is 0 Å². The van der Waals surface area contributed by atoms with Crippen molar-refractivity contribution >= 4 is 17.4 Å². The van der Waals surface area contributed by atoms with E-state index in [-0.39, 0.29) is 0 Å². The van der Waals surface area contributed by atoms with Crippen molar-refractivity contribution in [2.45, 2.75) is 12.8 Å². The van der Waals surface area contributed by atoms with Crippen molar-refractivity contribution in [3.63, 3.8) is 0 Å². The molecule has 6 heteroatoms. The van der Waals surface area contributed by atoms with Crippen molar-refractivity contribution in [1.82, 2.24) is 0 Å². The zero-order valence-corrected chi connectivity index (χ0v) is 13.7. The summed E-state index contributed by atoms with van der Waals surface area (Å²) in [6.45, 7) is -3.48. The normalized spacial score (nSPS) is 21.9. The number of halogens is 1. The van der Waals surface area contributed by atoms with Crippen LogP contribution in [0.1, 0.15) is 12.8 Å². The van der Waals surface area contributed by atoms with Crippen LogP contribution in [-0.4, -0.2) is 12.3 Å². The molecule has 1 heterocycles. The summed E-state index contributed by atoms with van der Waals surface area (Å²) in [4.78, 5) is 0. The van der Waals surface area contributed by atoms with Gasteiger partial charge >= 0.3 is 132 Å².